The zero-order valence-electron chi connectivity index (χ0n) is 19.7. The first-order valence-corrected chi connectivity index (χ1v) is 10.6. The largest absolute Gasteiger partial charge is 0.496 e. The summed E-state index contributed by atoms with van der Waals surface area (Å²) in [6.07, 6.45) is 1.37. The number of halogens is 2. The van der Waals surface area contributed by atoms with Crippen molar-refractivity contribution in [2.24, 2.45) is 0 Å². The number of aromatic nitrogens is 2. The Morgan fingerprint density at radius 2 is 2.15 bits per heavy atom. The number of carbonyl (C=O) groups is 1. The molecule has 0 aliphatic rings. The molecule has 0 spiro atoms. The topological polar surface area (TPSA) is 88.6 Å². The van der Waals surface area contributed by atoms with E-state index in [-0.39, 0.29) is 30.2 Å². The lowest BCUT2D eigenvalue weighted by Gasteiger charge is -2.25. The van der Waals surface area contributed by atoms with E-state index in [4.69, 9.17) is 22.4 Å². The standard InChI is InChI=1S/C23H27ClFN5O3/c1-14(23(31)26-8-9-32-3)30(2)12-15-10-16-19(11-20(15)33-4)27-13-28-22(16)29-18-7-5-6-17(24)21(18)25/h5-7,10-11,13-14H,8-9,12H2,1-4H3,(H,26,31)(H,27,28,29)/t14-/m0/s1/i2D. The van der Waals surface area contributed by atoms with Gasteiger partial charge in [0.2, 0.25) is 5.91 Å². The summed E-state index contributed by atoms with van der Waals surface area (Å²) in [6.45, 7) is 2.79. The molecule has 2 N–H and O–H groups in total. The second kappa shape index (κ2) is 11.2. The quantitative estimate of drug-likeness (QED) is 0.431. The number of nitrogens with zero attached hydrogens (tertiary/aromatic N) is 3. The van der Waals surface area contributed by atoms with Crippen LogP contribution in [0.2, 0.25) is 5.02 Å². The fourth-order valence-electron chi connectivity index (χ4n) is 3.22. The fraction of sp³-hybridized carbons (Fsp3) is 0.348. The first-order valence-electron chi connectivity index (χ1n) is 10.9. The molecule has 0 radical (unpaired) electrons. The van der Waals surface area contributed by atoms with Crippen molar-refractivity contribution in [1.82, 2.24) is 20.2 Å². The molecule has 3 aromatic rings. The Bertz CT molecular complexity index is 1150. The molecule has 0 bridgehead atoms. The predicted molar refractivity (Wildman–Crippen MR) is 127 cm³/mol. The van der Waals surface area contributed by atoms with Crippen LogP contribution in [0.15, 0.2) is 36.7 Å². The van der Waals surface area contributed by atoms with E-state index in [1.54, 1.807) is 37.1 Å². The highest BCUT2D eigenvalue weighted by atomic mass is 35.5. The van der Waals surface area contributed by atoms with Gasteiger partial charge < -0.3 is 20.1 Å². The number of methoxy groups -OCH3 is 2. The van der Waals surface area contributed by atoms with Gasteiger partial charge in [0.15, 0.2) is 5.82 Å². The number of likely N-dealkylation sites (N-methyl/N-ethyl adjacent to an activating group) is 1. The van der Waals surface area contributed by atoms with Crippen LogP contribution in [0.1, 0.15) is 13.9 Å². The summed E-state index contributed by atoms with van der Waals surface area (Å²) < 4.78 is 32.9. The van der Waals surface area contributed by atoms with Crippen LogP contribution >= 0.6 is 11.6 Å². The van der Waals surface area contributed by atoms with Gasteiger partial charge in [0.25, 0.3) is 0 Å². The molecule has 0 fully saturated rings. The van der Waals surface area contributed by atoms with E-state index < -0.39 is 11.9 Å². The molecular formula is C23H27ClFN5O3. The number of benzene rings is 2. The zero-order chi connectivity index (χ0) is 24.7. The second-order valence-corrected chi connectivity index (χ2v) is 7.74. The molecule has 2 aromatic carbocycles. The van der Waals surface area contributed by atoms with Gasteiger partial charge in [0.05, 0.1) is 36.0 Å². The number of fused-ring (bicyclic) bond motifs is 1. The van der Waals surface area contributed by atoms with Crippen molar-refractivity contribution in [2.75, 3.05) is 39.7 Å². The fourth-order valence-corrected chi connectivity index (χ4v) is 3.39. The minimum absolute atomic E-state index is 0.00503. The Morgan fingerprint density at radius 3 is 2.88 bits per heavy atom. The molecule has 1 atom stereocenters. The normalized spacial score (nSPS) is 12.5. The van der Waals surface area contributed by atoms with Gasteiger partial charge >= 0.3 is 0 Å². The van der Waals surface area contributed by atoms with Crippen LogP contribution < -0.4 is 15.4 Å². The van der Waals surface area contributed by atoms with Gasteiger partial charge in [-0.2, -0.15) is 0 Å². The van der Waals surface area contributed by atoms with Crippen molar-refractivity contribution in [3.63, 3.8) is 0 Å². The zero-order valence-corrected chi connectivity index (χ0v) is 19.4. The summed E-state index contributed by atoms with van der Waals surface area (Å²) in [7, 11) is 2.99. The van der Waals surface area contributed by atoms with Crippen LogP contribution in [0.3, 0.4) is 0 Å². The smallest absolute Gasteiger partial charge is 0.237 e. The Balaban J connectivity index is 1.93. The van der Waals surface area contributed by atoms with E-state index >= 15 is 0 Å². The summed E-state index contributed by atoms with van der Waals surface area (Å²) in [4.78, 5) is 22.8. The van der Waals surface area contributed by atoms with Crippen LogP contribution in [-0.2, 0) is 16.1 Å². The van der Waals surface area contributed by atoms with Gasteiger partial charge in [-0.1, -0.05) is 17.7 Å². The monoisotopic (exact) mass is 476 g/mol. The van der Waals surface area contributed by atoms with Crippen LogP contribution in [0, 0.1) is 5.82 Å². The average molecular weight is 477 g/mol. The number of hydrogen-bond acceptors (Lipinski definition) is 7. The first-order chi connectivity index (χ1) is 16.4. The number of carbonyl (C=O) groups excluding carboxylic acids is 1. The SMILES string of the molecule is [2H]CN(Cc1cc2c(Nc3cccc(Cl)c3F)ncnc2cc1OC)[C@@H](C)C(=O)NCCOC. The third kappa shape index (κ3) is 5.87. The van der Waals surface area contributed by atoms with Gasteiger partial charge in [0, 0.05) is 38.6 Å². The lowest BCUT2D eigenvalue weighted by Crippen LogP contribution is -2.43. The van der Waals surface area contributed by atoms with Crippen LogP contribution in [0.4, 0.5) is 15.9 Å². The van der Waals surface area contributed by atoms with Crippen molar-refractivity contribution < 1.29 is 20.0 Å². The summed E-state index contributed by atoms with van der Waals surface area (Å²) in [5, 5.41) is 6.39. The number of ether oxygens (including phenoxy) is 2. The van der Waals surface area contributed by atoms with E-state index in [2.05, 4.69) is 20.6 Å². The van der Waals surface area contributed by atoms with E-state index in [0.717, 1.165) is 5.56 Å². The molecule has 0 saturated heterocycles. The number of nitrogens with one attached hydrogen (secondary N) is 2. The molecule has 0 aliphatic carbocycles. The molecular weight excluding hydrogens is 449 g/mol. The lowest BCUT2D eigenvalue weighted by molar-refractivity contribution is -0.125. The molecule has 8 nitrogen and oxygen atoms in total. The maximum absolute atomic E-state index is 14.4. The Labute approximate surface area is 198 Å². The van der Waals surface area contributed by atoms with E-state index in [1.807, 2.05) is 6.07 Å². The third-order valence-corrected chi connectivity index (χ3v) is 5.44. The van der Waals surface area contributed by atoms with Gasteiger partial charge in [-0.15, -0.1) is 0 Å². The number of hydrogen-bond donors (Lipinski definition) is 2. The molecule has 3 rings (SSSR count). The maximum Gasteiger partial charge on any atom is 0.237 e. The minimum Gasteiger partial charge on any atom is -0.496 e. The molecule has 10 heteroatoms. The van der Waals surface area contributed by atoms with E-state index in [0.29, 0.717) is 35.6 Å². The number of amides is 1. The second-order valence-electron chi connectivity index (χ2n) is 7.34. The molecule has 1 heterocycles. The first kappa shape index (κ1) is 23.2. The van der Waals surface area contributed by atoms with Crippen molar-refractivity contribution in [1.29, 1.82) is 0 Å². The minimum atomic E-state index is -0.585. The van der Waals surface area contributed by atoms with Gasteiger partial charge in [-0.25, -0.2) is 14.4 Å². The molecule has 1 aromatic heterocycles. The van der Waals surface area contributed by atoms with Gasteiger partial charge in [-0.05, 0) is 32.1 Å². The lowest BCUT2D eigenvalue weighted by atomic mass is 10.1. The van der Waals surface area contributed by atoms with Gasteiger partial charge in [0.1, 0.15) is 17.9 Å². The third-order valence-electron chi connectivity index (χ3n) is 5.15. The van der Waals surface area contributed by atoms with E-state index in [1.165, 1.54) is 19.5 Å². The summed E-state index contributed by atoms with van der Waals surface area (Å²) >= 11 is 5.90. The Kier molecular flexibility index (Phi) is 7.87. The Morgan fingerprint density at radius 1 is 1.33 bits per heavy atom. The van der Waals surface area contributed by atoms with E-state index in [9.17, 15) is 9.18 Å². The highest BCUT2D eigenvalue weighted by Crippen LogP contribution is 2.32. The highest BCUT2D eigenvalue weighted by molar-refractivity contribution is 6.31. The summed E-state index contributed by atoms with van der Waals surface area (Å²) in [5.41, 5.74) is 1.49. The number of rotatable bonds is 10. The summed E-state index contributed by atoms with van der Waals surface area (Å²) in [5.74, 6) is 0.152. The Hall–Kier alpha value is -3.01. The van der Waals surface area contributed by atoms with Gasteiger partial charge in [-0.3, -0.25) is 9.69 Å². The molecule has 33 heavy (non-hydrogen) atoms. The predicted octanol–water partition coefficient (Wildman–Crippen LogP) is 3.76. The average Bonchev–Trinajstić information content (AvgIpc) is 2.84. The van der Waals surface area contributed by atoms with Crippen LogP contribution in [-0.4, -0.2) is 61.2 Å². The van der Waals surface area contributed by atoms with Crippen molar-refractivity contribution >= 4 is 39.9 Å². The van der Waals surface area contributed by atoms with Crippen molar-refractivity contribution in [3.05, 3.63) is 53.1 Å². The molecule has 0 unspecified atom stereocenters. The van der Waals surface area contributed by atoms with Crippen LogP contribution in [0.5, 0.6) is 5.75 Å². The molecule has 1 amide bonds. The molecule has 0 saturated carbocycles. The maximum atomic E-state index is 14.4. The molecule has 176 valence electrons. The van der Waals surface area contributed by atoms with Crippen LogP contribution in [0.25, 0.3) is 10.9 Å². The summed E-state index contributed by atoms with van der Waals surface area (Å²) in [6, 6.07) is 7.67. The highest BCUT2D eigenvalue weighted by Gasteiger charge is 2.20. The van der Waals surface area contributed by atoms with Crippen molar-refractivity contribution in [2.45, 2.75) is 19.5 Å². The molecule has 0 aliphatic heterocycles. The number of anilines is 2. The van der Waals surface area contributed by atoms with Crippen molar-refractivity contribution in [3.8, 4) is 5.75 Å².